The number of ether oxygens (including phenoxy) is 1. The van der Waals surface area contributed by atoms with E-state index in [4.69, 9.17) is 21.3 Å². The lowest BCUT2D eigenvalue weighted by Gasteiger charge is -2.22. The van der Waals surface area contributed by atoms with Crippen molar-refractivity contribution >= 4 is 44.2 Å². The second-order valence-electron chi connectivity index (χ2n) is 7.28. The molecule has 1 atom stereocenters. The van der Waals surface area contributed by atoms with Crippen LogP contribution in [0.15, 0.2) is 12.1 Å². The number of carbonyl (C=O) groups is 1. The lowest BCUT2D eigenvalue weighted by Crippen LogP contribution is -2.38. The zero-order chi connectivity index (χ0) is 19.3. The highest BCUT2D eigenvalue weighted by molar-refractivity contribution is 7.23. The molecule has 28 heavy (non-hydrogen) atoms. The van der Waals surface area contributed by atoms with Gasteiger partial charge in [0.05, 0.1) is 27.9 Å². The Hall–Kier alpha value is -2.03. The number of nitrogens with zero attached hydrogens (tertiary/aromatic N) is 5. The van der Waals surface area contributed by atoms with Crippen LogP contribution in [-0.4, -0.2) is 44.9 Å². The Labute approximate surface area is 171 Å². The van der Waals surface area contributed by atoms with Crippen molar-refractivity contribution in [3.05, 3.63) is 34.4 Å². The molecular formula is C19H20ClN5O2S. The molecule has 1 aromatic carbocycles. The Morgan fingerprint density at radius 3 is 3.07 bits per heavy atom. The van der Waals surface area contributed by atoms with Crippen molar-refractivity contribution in [2.24, 2.45) is 0 Å². The molecule has 1 saturated heterocycles. The molecule has 1 unspecified atom stereocenters. The largest absolute Gasteiger partial charge is 0.376 e. The summed E-state index contributed by atoms with van der Waals surface area (Å²) in [6, 6.07) is 3.82. The summed E-state index contributed by atoms with van der Waals surface area (Å²) in [5.74, 6) is 1.08. The topological polar surface area (TPSA) is 73.1 Å². The Balaban J connectivity index is 1.57. The average Bonchev–Trinajstić information content (AvgIpc) is 3.45. The molecule has 2 aromatic heterocycles. The number of thiazole rings is 1. The molecular weight excluding hydrogens is 398 g/mol. The van der Waals surface area contributed by atoms with Crippen LogP contribution in [0.2, 0.25) is 5.02 Å². The summed E-state index contributed by atoms with van der Waals surface area (Å²) < 4.78 is 8.62. The number of fused-ring (bicyclic) bond motifs is 2. The van der Waals surface area contributed by atoms with Gasteiger partial charge in [-0.1, -0.05) is 29.0 Å². The highest BCUT2D eigenvalue weighted by atomic mass is 35.5. The van der Waals surface area contributed by atoms with E-state index >= 15 is 0 Å². The molecule has 1 amide bonds. The molecule has 5 rings (SSSR count). The van der Waals surface area contributed by atoms with Gasteiger partial charge in [0.15, 0.2) is 5.13 Å². The number of carbonyl (C=O) groups excluding carboxylic acids is 1. The van der Waals surface area contributed by atoms with Crippen LogP contribution < -0.4 is 4.90 Å². The van der Waals surface area contributed by atoms with Crippen LogP contribution in [-0.2, 0) is 17.7 Å². The van der Waals surface area contributed by atoms with Crippen LogP contribution in [0.3, 0.4) is 0 Å². The zero-order valence-corrected chi connectivity index (χ0v) is 17.1. The predicted octanol–water partition coefficient (Wildman–Crippen LogP) is 3.62. The second kappa shape index (κ2) is 7.09. The molecule has 0 radical (unpaired) electrons. The van der Waals surface area contributed by atoms with Gasteiger partial charge in [0.25, 0.3) is 5.91 Å². The van der Waals surface area contributed by atoms with Crippen molar-refractivity contribution in [2.75, 3.05) is 18.1 Å². The van der Waals surface area contributed by atoms with Crippen LogP contribution >= 0.6 is 22.9 Å². The number of anilines is 1. The number of halogens is 1. The highest BCUT2D eigenvalue weighted by Gasteiger charge is 2.32. The first-order valence-electron chi connectivity index (χ1n) is 9.53. The van der Waals surface area contributed by atoms with Crippen molar-refractivity contribution < 1.29 is 9.53 Å². The zero-order valence-electron chi connectivity index (χ0n) is 15.5. The molecule has 0 saturated carbocycles. The minimum atomic E-state index is -0.177. The number of hydrogen-bond donors (Lipinski definition) is 0. The van der Waals surface area contributed by atoms with Gasteiger partial charge >= 0.3 is 0 Å². The maximum Gasteiger partial charge on any atom is 0.298 e. The van der Waals surface area contributed by atoms with Crippen LogP contribution in [0.4, 0.5) is 5.13 Å². The van der Waals surface area contributed by atoms with E-state index in [2.05, 4.69) is 10.2 Å². The Kier molecular flexibility index (Phi) is 4.57. The van der Waals surface area contributed by atoms with Crippen molar-refractivity contribution in [3.63, 3.8) is 0 Å². The average molecular weight is 418 g/mol. The molecule has 0 N–H and O–H groups in total. The Morgan fingerprint density at radius 2 is 2.29 bits per heavy atom. The van der Waals surface area contributed by atoms with Crippen LogP contribution in [0.1, 0.15) is 41.3 Å². The van der Waals surface area contributed by atoms with Crippen molar-refractivity contribution in [2.45, 2.75) is 45.3 Å². The van der Waals surface area contributed by atoms with Gasteiger partial charge in [-0.05, 0) is 37.8 Å². The summed E-state index contributed by atoms with van der Waals surface area (Å²) in [5.41, 5.74) is 1.87. The molecule has 1 fully saturated rings. The van der Waals surface area contributed by atoms with Gasteiger partial charge in [0.2, 0.25) is 5.82 Å². The fourth-order valence-corrected chi connectivity index (χ4v) is 5.20. The fraction of sp³-hybridized carbons (Fsp3) is 0.474. The minimum Gasteiger partial charge on any atom is -0.376 e. The maximum absolute atomic E-state index is 13.5. The second-order valence-corrected chi connectivity index (χ2v) is 8.67. The third-order valence-corrected chi connectivity index (χ3v) is 6.91. The minimum absolute atomic E-state index is 0.00787. The third kappa shape index (κ3) is 3.00. The van der Waals surface area contributed by atoms with Crippen LogP contribution in [0.5, 0.6) is 0 Å². The summed E-state index contributed by atoms with van der Waals surface area (Å²) in [4.78, 5) is 19.9. The van der Waals surface area contributed by atoms with E-state index in [0.717, 1.165) is 60.4 Å². The number of amides is 1. The summed E-state index contributed by atoms with van der Waals surface area (Å²) in [6.07, 6.45) is 3.81. The van der Waals surface area contributed by atoms with E-state index in [-0.39, 0.29) is 12.0 Å². The van der Waals surface area contributed by atoms with Crippen LogP contribution in [0, 0.1) is 6.92 Å². The molecule has 7 nitrogen and oxygen atoms in total. The van der Waals surface area contributed by atoms with Gasteiger partial charge in [-0.25, -0.2) is 4.98 Å². The first kappa shape index (κ1) is 18.0. The van der Waals surface area contributed by atoms with Gasteiger partial charge in [0, 0.05) is 19.6 Å². The van der Waals surface area contributed by atoms with Gasteiger partial charge in [-0.3, -0.25) is 9.69 Å². The van der Waals surface area contributed by atoms with E-state index in [1.54, 1.807) is 4.90 Å². The number of rotatable bonds is 4. The first-order chi connectivity index (χ1) is 13.6. The SMILES string of the molecule is Cc1ccc(Cl)c2sc(N(CC3CCCO3)C(=O)c3nnc4n3CCC4)nc12. The van der Waals surface area contributed by atoms with Gasteiger partial charge in [-0.2, -0.15) is 0 Å². The number of aromatic nitrogens is 4. The lowest BCUT2D eigenvalue weighted by molar-refractivity contribution is 0.0905. The molecule has 0 bridgehead atoms. The third-order valence-electron chi connectivity index (χ3n) is 5.37. The normalized spacial score (nSPS) is 18.7. The highest BCUT2D eigenvalue weighted by Crippen LogP contribution is 2.36. The predicted molar refractivity (Wildman–Crippen MR) is 108 cm³/mol. The number of aryl methyl sites for hydroxylation is 2. The quantitative estimate of drug-likeness (QED) is 0.648. The number of benzene rings is 1. The molecule has 0 aliphatic carbocycles. The van der Waals surface area contributed by atoms with E-state index in [1.807, 2.05) is 23.6 Å². The summed E-state index contributed by atoms with van der Waals surface area (Å²) in [7, 11) is 0. The van der Waals surface area contributed by atoms with Gasteiger partial charge < -0.3 is 9.30 Å². The van der Waals surface area contributed by atoms with Gasteiger partial charge in [-0.15, -0.1) is 10.2 Å². The van der Waals surface area contributed by atoms with Crippen molar-refractivity contribution in [3.8, 4) is 0 Å². The van der Waals surface area contributed by atoms with E-state index in [9.17, 15) is 4.79 Å². The van der Waals surface area contributed by atoms with Crippen LogP contribution in [0.25, 0.3) is 10.2 Å². The molecule has 4 heterocycles. The fourth-order valence-electron chi connectivity index (χ4n) is 3.88. The Bertz CT molecular complexity index is 1020. The standard InChI is InChI=1S/C19H20ClN5O2S/c1-11-6-7-13(20)16-15(11)21-19(28-16)25(10-12-4-3-9-27-12)18(26)17-23-22-14-5-2-8-24(14)17/h6-7,12H,2-5,8-10H2,1H3. The van der Waals surface area contributed by atoms with E-state index in [0.29, 0.717) is 22.5 Å². The van der Waals surface area contributed by atoms with Gasteiger partial charge in [0.1, 0.15) is 5.82 Å². The molecule has 2 aliphatic rings. The van der Waals surface area contributed by atoms with Crippen molar-refractivity contribution in [1.82, 2.24) is 19.7 Å². The molecule has 2 aliphatic heterocycles. The summed E-state index contributed by atoms with van der Waals surface area (Å²) in [5, 5.41) is 9.65. The smallest absolute Gasteiger partial charge is 0.298 e. The van der Waals surface area contributed by atoms with E-state index in [1.165, 1.54) is 11.3 Å². The molecule has 9 heteroatoms. The maximum atomic E-state index is 13.5. The van der Waals surface area contributed by atoms with E-state index < -0.39 is 0 Å². The first-order valence-corrected chi connectivity index (χ1v) is 10.7. The lowest BCUT2D eigenvalue weighted by atomic mass is 10.2. The van der Waals surface area contributed by atoms with Crippen molar-refractivity contribution in [1.29, 1.82) is 0 Å². The monoisotopic (exact) mass is 417 g/mol. The Morgan fingerprint density at radius 1 is 1.39 bits per heavy atom. The summed E-state index contributed by atoms with van der Waals surface area (Å²) in [6.45, 7) is 3.97. The number of hydrogen-bond acceptors (Lipinski definition) is 6. The summed E-state index contributed by atoms with van der Waals surface area (Å²) >= 11 is 7.83. The molecule has 3 aromatic rings. The molecule has 146 valence electrons. The molecule has 0 spiro atoms.